The van der Waals surface area contributed by atoms with Crippen LogP contribution >= 0.6 is 23.2 Å². The zero-order chi connectivity index (χ0) is 16.3. The minimum Gasteiger partial charge on any atom is -0.496 e. The van der Waals surface area contributed by atoms with Crippen LogP contribution in [-0.2, 0) is 0 Å². The van der Waals surface area contributed by atoms with Gasteiger partial charge in [-0.2, -0.15) is 0 Å². The van der Waals surface area contributed by atoms with E-state index in [0.717, 1.165) is 5.56 Å². The smallest absolute Gasteiger partial charge is 0.343 e. The molecule has 0 saturated carbocycles. The number of rotatable bonds is 4. The molecule has 0 aliphatic heterocycles. The van der Waals surface area contributed by atoms with E-state index < -0.39 is 5.97 Å². The van der Waals surface area contributed by atoms with E-state index in [-0.39, 0.29) is 11.3 Å². The van der Waals surface area contributed by atoms with Crippen molar-refractivity contribution in [3.05, 3.63) is 51.5 Å². The number of esters is 1. The van der Waals surface area contributed by atoms with Crippen LogP contribution in [0.25, 0.3) is 0 Å². The van der Waals surface area contributed by atoms with Crippen molar-refractivity contribution in [1.82, 2.24) is 0 Å². The normalized spacial score (nSPS) is 10.2. The van der Waals surface area contributed by atoms with Crippen LogP contribution in [0, 0.1) is 6.92 Å². The average Bonchev–Trinajstić information content (AvgIpc) is 2.51. The van der Waals surface area contributed by atoms with Gasteiger partial charge < -0.3 is 14.2 Å². The molecule has 116 valence electrons. The third-order valence-electron chi connectivity index (χ3n) is 3.08. The first kappa shape index (κ1) is 16.5. The Bertz CT molecular complexity index is 688. The van der Waals surface area contributed by atoms with Crippen molar-refractivity contribution in [3.63, 3.8) is 0 Å². The highest BCUT2D eigenvalue weighted by molar-refractivity contribution is 6.34. The van der Waals surface area contributed by atoms with Crippen LogP contribution in [0.4, 0.5) is 0 Å². The van der Waals surface area contributed by atoms with Crippen molar-refractivity contribution < 1.29 is 19.0 Å². The van der Waals surface area contributed by atoms with Crippen molar-refractivity contribution in [2.75, 3.05) is 14.2 Å². The second-order valence-corrected chi connectivity index (χ2v) is 5.31. The average molecular weight is 341 g/mol. The highest BCUT2D eigenvalue weighted by Crippen LogP contribution is 2.32. The molecule has 0 aromatic heterocycles. The van der Waals surface area contributed by atoms with Gasteiger partial charge in [0.1, 0.15) is 11.5 Å². The van der Waals surface area contributed by atoms with E-state index in [1.54, 1.807) is 24.3 Å². The molecule has 0 N–H and O–H groups in total. The van der Waals surface area contributed by atoms with E-state index in [1.807, 2.05) is 6.92 Å². The topological polar surface area (TPSA) is 44.8 Å². The largest absolute Gasteiger partial charge is 0.496 e. The Kier molecular flexibility index (Phi) is 5.16. The van der Waals surface area contributed by atoms with E-state index in [4.69, 9.17) is 37.4 Å². The summed E-state index contributed by atoms with van der Waals surface area (Å²) in [4.78, 5) is 12.3. The molecule has 0 aliphatic rings. The number of methoxy groups -OCH3 is 2. The van der Waals surface area contributed by atoms with E-state index in [2.05, 4.69) is 0 Å². The van der Waals surface area contributed by atoms with Gasteiger partial charge in [-0.3, -0.25) is 0 Å². The lowest BCUT2D eigenvalue weighted by Gasteiger charge is -2.12. The number of benzene rings is 2. The maximum Gasteiger partial charge on any atom is 0.343 e. The van der Waals surface area contributed by atoms with Gasteiger partial charge in [0.2, 0.25) is 0 Å². The summed E-state index contributed by atoms with van der Waals surface area (Å²) in [6, 6.07) is 7.81. The predicted molar refractivity (Wildman–Crippen MR) is 85.7 cm³/mol. The second-order valence-electron chi connectivity index (χ2n) is 4.47. The SMILES string of the molecule is COc1cc(C(=O)Oc2cc(Cl)ccc2Cl)cc(OC)c1C. The van der Waals surface area contributed by atoms with Crippen LogP contribution in [-0.4, -0.2) is 20.2 Å². The molecule has 0 heterocycles. The Labute approximate surface area is 138 Å². The highest BCUT2D eigenvalue weighted by atomic mass is 35.5. The monoisotopic (exact) mass is 340 g/mol. The minimum absolute atomic E-state index is 0.192. The fourth-order valence-corrected chi connectivity index (χ4v) is 2.24. The standard InChI is InChI=1S/C16H14Cl2O4/c1-9-13(20-2)6-10(7-14(9)21-3)16(19)22-15-8-11(17)4-5-12(15)18/h4-8H,1-3H3. The summed E-state index contributed by atoms with van der Waals surface area (Å²) < 4.78 is 15.8. The predicted octanol–water partition coefficient (Wildman–Crippen LogP) is 4.54. The number of carbonyl (C=O) groups is 1. The molecule has 2 aromatic carbocycles. The molecule has 0 spiro atoms. The lowest BCUT2D eigenvalue weighted by molar-refractivity contribution is 0.0734. The Hall–Kier alpha value is -1.91. The van der Waals surface area contributed by atoms with E-state index in [0.29, 0.717) is 21.5 Å². The van der Waals surface area contributed by atoms with Crippen molar-refractivity contribution in [1.29, 1.82) is 0 Å². The molecular weight excluding hydrogens is 327 g/mol. The zero-order valence-electron chi connectivity index (χ0n) is 12.3. The number of ether oxygens (including phenoxy) is 3. The molecule has 0 bridgehead atoms. The van der Waals surface area contributed by atoms with Gasteiger partial charge in [-0.05, 0) is 31.2 Å². The van der Waals surface area contributed by atoms with Gasteiger partial charge in [0.15, 0.2) is 5.75 Å². The Balaban J connectivity index is 2.35. The van der Waals surface area contributed by atoms with Gasteiger partial charge in [0, 0.05) is 16.7 Å². The maximum atomic E-state index is 12.3. The quantitative estimate of drug-likeness (QED) is 0.605. The van der Waals surface area contributed by atoms with E-state index in [9.17, 15) is 4.79 Å². The van der Waals surface area contributed by atoms with Gasteiger partial charge in [-0.25, -0.2) is 4.79 Å². The molecule has 2 rings (SSSR count). The molecule has 2 aromatic rings. The Morgan fingerprint density at radius 3 is 2.09 bits per heavy atom. The van der Waals surface area contributed by atoms with Crippen molar-refractivity contribution in [3.8, 4) is 17.2 Å². The number of carbonyl (C=O) groups excluding carboxylic acids is 1. The number of halogens is 2. The molecule has 22 heavy (non-hydrogen) atoms. The first-order chi connectivity index (χ1) is 10.5. The molecule has 0 atom stereocenters. The molecule has 0 unspecified atom stereocenters. The summed E-state index contributed by atoms with van der Waals surface area (Å²) in [5.74, 6) is 0.672. The lowest BCUT2D eigenvalue weighted by Crippen LogP contribution is -2.10. The van der Waals surface area contributed by atoms with E-state index >= 15 is 0 Å². The molecule has 0 amide bonds. The first-order valence-corrected chi connectivity index (χ1v) is 7.11. The summed E-state index contributed by atoms with van der Waals surface area (Å²) in [5.41, 5.74) is 1.08. The fraction of sp³-hybridized carbons (Fsp3) is 0.188. The lowest BCUT2D eigenvalue weighted by atomic mass is 10.1. The molecule has 0 saturated heterocycles. The number of hydrogen-bond acceptors (Lipinski definition) is 4. The van der Waals surface area contributed by atoms with Gasteiger partial charge in [-0.1, -0.05) is 23.2 Å². The van der Waals surface area contributed by atoms with Crippen LogP contribution in [0.2, 0.25) is 10.0 Å². The van der Waals surface area contributed by atoms with Crippen LogP contribution in [0.15, 0.2) is 30.3 Å². The summed E-state index contributed by atoms with van der Waals surface area (Å²) in [5, 5.41) is 0.718. The van der Waals surface area contributed by atoms with Crippen LogP contribution in [0.5, 0.6) is 17.2 Å². The summed E-state index contributed by atoms with van der Waals surface area (Å²) >= 11 is 11.9. The molecule has 0 fully saturated rings. The second kappa shape index (κ2) is 6.90. The maximum absolute atomic E-state index is 12.3. The van der Waals surface area contributed by atoms with Crippen LogP contribution in [0.1, 0.15) is 15.9 Å². The zero-order valence-corrected chi connectivity index (χ0v) is 13.8. The molecule has 0 aliphatic carbocycles. The highest BCUT2D eigenvalue weighted by Gasteiger charge is 2.16. The van der Waals surface area contributed by atoms with Crippen LogP contribution < -0.4 is 14.2 Å². The van der Waals surface area contributed by atoms with Gasteiger partial charge in [0.05, 0.1) is 24.8 Å². The molecule has 0 radical (unpaired) electrons. The van der Waals surface area contributed by atoms with Crippen molar-refractivity contribution in [2.24, 2.45) is 0 Å². The summed E-state index contributed by atoms with van der Waals surface area (Å²) in [7, 11) is 3.04. The third kappa shape index (κ3) is 3.46. The van der Waals surface area contributed by atoms with Crippen molar-refractivity contribution >= 4 is 29.2 Å². The molecule has 4 nitrogen and oxygen atoms in total. The van der Waals surface area contributed by atoms with Gasteiger partial charge in [-0.15, -0.1) is 0 Å². The summed E-state index contributed by atoms with van der Waals surface area (Å²) in [6.45, 7) is 1.83. The van der Waals surface area contributed by atoms with Gasteiger partial charge >= 0.3 is 5.97 Å². The van der Waals surface area contributed by atoms with Gasteiger partial charge in [0.25, 0.3) is 0 Å². The Morgan fingerprint density at radius 2 is 1.55 bits per heavy atom. The fourth-order valence-electron chi connectivity index (χ4n) is 1.92. The number of hydrogen-bond donors (Lipinski definition) is 0. The van der Waals surface area contributed by atoms with Crippen LogP contribution in [0.3, 0.4) is 0 Å². The minimum atomic E-state index is -0.583. The summed E-state index contributed by atoms with van der Waals surface area (Å²) in [6.07, 6.45) is 0. The molecular formula is C16H14Cl2O4. The molecule has 6 heteroatoms. The first-order valence-electron chi connectivity index (χ1n) is 6.36. The van der Waals surface area contributed by atoms with E-state index in [1.165, 1.54) is 20.3 Å². The third-order valence-corrected chi connectivity index (χ3v) is 3.63. The Morgan fingerprint density at radius 1 is 0.955 bits per heavy atom. The van der Waals surface area contributed by atoms with Crippen molar-refractivity contribution in [2.45, 2.75) is 6.92 Å².